The lowest BCUT2D eigenvalue weighted by molar-refractivity contribution is -0.385. The van der Waals surface area contributed by atoms with Crippen LogP contribution >= 0.6 is 0 Å². The normalized spacial score (nSPS) is 25.7. The molecule has 5 nitrogen and oxygen atoms in total. The molecule has 1 N–H and O–H groups in total. The first-order valence-electron chi connectivity index (χ1n) is 6.15. The first kappa shape index (κ1) is 12.3. The minimum atomic E-state index is -0.861. The SMILES string of the molecule is O=[N+]([O-])c1cc(F)c(N2CC3CNCC3C2)c(F)c1. The van der Waals surface area contributed by atoms with Crippen LogP contribution in [0.25, 0.3) is 0 Å². The van der Waals surface area contributed by atoms with Crippen molar-refractivity contribution in [2.24, 2.45) is 11.8 Å². The summed E-state index contributed by atoms with van der Waals surface area (Å²) in [6.45, 7) is 2.89. The van der Waals surface area contributed by atoms with Crippen LogP contribution < -0.4 is 10.2 Å². The molecular weight excluding hydrogens is 256 g/mol. The van der Waals surface area contributed by atoms with Crippen molar-refractivity contribution in [2.75, 3.05) is 31.1 Å². The third-order valence-corrected chi connectivity index (χ3v) is 3.92. The second-order valence-corrected chi connectivity index (χ2v) is 5.10. The standard InChI is InChI=1S/C12H13F2N3O2/c13-10-1-9(17(18)19)2-11(14)12(10)16-5-7-3-15-4-8(7)6-16/h1-2,7-8,15H,3-6H2. The molecule has 2 atom stereocenters. The number of fused-ring (bicyclic) bond motifs is 1. The fraction of sp³-hybridized carbons (Fsp3) is 0.500. The number of benzene rings is 1. The summed E-state index contributed by atoms with van der Waals surface area (Å²) in [5, 5.41) is 13.8. The van der Waals surface area contributed by atoms with Gasteiger partial charge in [0.15, 0.2) is 11.6 Å². The predicted molar refractivity (Wildman–Crippen MR) is 65.1 cm³/mol. The van der Waals surface area contributed by atoms with Gasteiger partial charge in [-0.05, 0) is 11.8 Å². The summed E-state index contributed by atoms with van der Waals surface area (Å²) in [6, 6.07) is 1.57. The Morgan fingerprint density at radius 1 is 1.21 bits per heavy atom. The lowest BCUT2D eigenvalue weighted by atomic mass is 10.0. The van der Waals surface area contributed by atoms with Crippen LogP contribution in [0, 0.1) is 33.6 Å². The molecule has 2 unspecified atom stereocenters. The third kappa shape index (κ3) is 2.03. The number of nitrogens with zero attached hydrogens (tertiary/aromatic N) is 2. The van der Waals surface area contributed by atoms with Crippen LogP contribution in [-0.4, -0.2) is 31.1 Å². The van der Waals surface area contributed by atoms with Gasteiger partial charge < -0.3 is 10.2 Å². The van der Waals surface area contributed by atoms with E-state index in [0.717, 1.165) is 25.2 Å². The van der Waals surface area contributed by atoms with E-state index in [0.29, 0.717) is 24.9 Å². The van der Waals surface area contributed by atoms with Crippen LogP contribution in [-0.2, 0) is 0 Å². The molecule has 2 heterocycles. The van der Waals surface area contributed by atoms with Crippen molar-refractivity contribution in [3.8, 4) is 0 Å². The molecule has 19 heavy (non-hydrogen) atoms. The molecule has 2 saturated heterocycles. The van der Waals surface area contributed by atoms with Gasteiger partial charge >= 0.3 is 0 Å². The quantitative estimate of drug-likeness (QED) is 0.653. The third-order valence-electron chi connectivity index (χ3n) is 3.92. The molecule has 0 spiro atoms. The van der Waals surface area contributed by atoms with E-state index in [4.69, 9.17) is 0 Å². The number of non-ortho nitro benzene ring substituents is 1. The van der Waals surface area contributed by atoms with Gasteiger partial charge in [0.2, 0.25) is 0 Å². The molecule has 0 amide bonds. The van der Waals surface area contributed by atoms with Gasteiger partial charge in [-0.25, -0.2) is 8.78 Å². The van der Waals surface area contributed by atoms with Gasteiger partial charge in [-0.3, -0.25) is 10.1 Å². The van der Waals surface area contributed by atoms with E-state index in [9.17, 15) is 18.9 Å². The minimum absolute atomic E-state index is 0.139. The van der Waals surface area contributed by atoms with E-state index in [1.807, 2.05) is 0 Å². The fourth-order valence-electron chi connectivity index (χ4n) is 3.00. The predicted octanol–water partition coefficient (Wildman–Crippen LogP) is 1.53. The maximum atomic E-state index is 13.9. The molecule has 102 valence electrons. The second kappa shape index (κ2) is 4.41. The van der Waals surface area contributed by atoms with E-state index in [-0.39, 0.29) is 5.69 Å². The van der Waals surface area contributed by atoms with Gasteiger partial charge in [0.05, 0.1) is 17.1 Å². The van der Waals surface area contributed by atoms with E-state index < -0.39 is 22.2 Å². The molecule has 0 aliphatic carbocycles. The second-order valence-electron chi connectivity index (χ2n) is 5.10. The topological polar surface area (TPSA) is 58.4 Å². The number of nitrogens with one attached hydrogen (secondary N) is 1. The average molecular weight is 269 g/mol. The molecule has 1 aromatic rings. The van der Waals surface area contributed by atoms with E-state index in [1.54, 1.807) is 4.90 Å². The highest BCUT2D eigenvalue weighted by Crippen LogP contribution is 2.35. The minimum Gasteiger partial charge on any atom is -0.366 e. The van der Waals surface area contributed by atoms with Crippen LogP contribution in [0.2, 0.25) is 0 Å². The molecule has 2 fully saturated rings. The van der Waals surface area contributed by atoms with Gasteiger partial charge in [-0.15, -0.1) is 0 Å². The number of nitro groups is 1. The van der Waals surface area contributed by atoms with Crippen LogP contribution in [0.5, 0.6) is 0 Å². The Labute approximate surface area is 108 Å². The van der Waals surface area contributed by atoms with Crippen molar-refractivity contribution in [3.05, 3.63) is 33.9 Å². The van der Waals surface area contributed by atoms with E-state index in [2.05, 4.69) is 5.32 Å². The Balaban J connectivity index is 1.91. The van der Waals surface area contributed by atoms with Crippen molar-refractivity contribution in [1.29, 1.82) is 0 Å². The highest BCUT2D eigenvalue weighted by atomic mass is 19.1. The first-order chi connectivity index (χ1) is 9.06. The highest BCUT2D eigenvalue weighted by molar-refractivity contribution is 5.54. The molecule has 0 saturated carbocycles. The molecule has 0 aromatic heterocycles. The van der Waals surface area contributed by atoms with Crippen LogP contribution in [0.4, 0.5) is 20.2 Å². The zero-order chi connectivity index (χ0) is 13.6. The maximum Gasteiger partial charge on any atom is 0.275 e. The maximum absolute atomic E-state index is 13.9. The lowest BCUT2D eigenvalue weighted by Crippen LogP contribution is -2.27. The van der Waals surface area contributed by atoms with Gasteiger partial charge in [-0.2, -0.15) is 0 Å². The number of nitro benzene ring substituents is 1. The Kier molecular flexibility index (Phi) is 2.85. The molecule has 1 aromatic carbocycles. The van der Waals surface area contributed by atoms with E-state index >= 15 is 0 Å². The summed E-state index contributed by atoms with van der Waals surface area (Å²) in [5.41, 5.74) is -0.695. The Hall–Kier alpha value is -1.76. The first-order valence-corrected chi connectivity index (χ1v) is 6.15. The number of hydrogen-bond acceptors (Lipinski definition) is 4. The molecule has 0 bridgehead atoms. The van der Waals surface area contributed by atoms with E-state index in [1.165, 1.54) is 0 Å². The summed E-state index contributed by atoms with van der Waals surface area (Å²) in [5.74, 6) is -0.928. The molecule has 2 aliphatic rings. The molecule has 3 rings (SSSR count). The number of rotatable bonds is 2. The molecule has 0 radical (unpaired) electrons. The van der Waals surface area contributed by atoms with Gasteiger partial charge in [0.25, 0.3) is 5.69 Å². The highest BCUT2D eigenvalue weighted by Gasteiger charge is 2.38. The van der Waals surface area contributed by atoms with Crippen molar-refractivity contribution < 1.29 is 13.7 Å². The Morgan fingerprint density at radius 3 is 2.21 bits per heavy atom. The summed E-state index contributed by atoms with van der Waals surface area (Å²) in [6.07, 6.45) is 0. The van der Waals surface area contributed by atoms with Crippen LogP contribution in [0.3, 0.4) is 0 Å². The number of anilines is 1. The molecule has 7 heteroatoms. The Bertz CT molecular complexity index is 503. The van der Waals surface area contributed by atoms with Crippen molar-refractivity contribution in [3.63, 3.8) is 0 Å². The van der Waals surface area contributed by atoms with Crippen LogP contribution in [0.15, 0.2) is 12.1 Å². The Morgan fingerprint density at radius 2 is 1.74 bits per heavy atom. The number of halogens is 2. The van der Waals surface area contributed by atoms with Crippen molar-refractivity contribution >= 4 is 11.4 Å². The summed E-state index contributed by atoms with van der Waals surface area (Å²) in [4.78, 5) is 11.4. The summed E-state index contributed by atoms with van der Waals surface area (Å²) in [7, 11) is 0. The average Bonchev–Trinajstić information content (AvgIpc) is 2.88. The smallest absolute Gasteiger partial charge is 0.275 e. The summed E-state index contributed by atoms with van der Waals surface area (Å²) < 4.78 is 27.8. The summed E-state index contributed by atoms with van der Waals surface area (Å²) >= 11 is 0. The van der Waals surface area contributed by atoms with Gasteiger partial charge in [-0.1, -0.05) is 0 Å². The monoisotopic (exact) mass is 269 g/mol. The zero-order valence-corrected chi connectivity index (χ0v) is 10.1. The van der Waals surface area contributed by atoms with Crippen molar-refractivity contribution in [2.45, 2.75) is 0 Å². The fourth-order valence-corrected chi connectivity index (χ4v) is 3.00. The van der Waals surface area contributed by atoms with Gasteiger partial charge in [0.1, 0.15) is 5.69 Å². The van der Waals surface area contributed by atoms with Crippen molar-refractivity contribution in [1.82, 2.24) is 5.32 Å². The number of hydrogen-bond donors (Lipinski definition) is 1. The molecule has 2 aliphatic heterocycles. The lowest BCUT2D eigenvalue weighted by Gasteiger charge is -2.20. The van der Waals surface area contributed by atoms with Crippen LogP contribution in [0.1, 0.15) is 0 Å². The molecular formula is C12H13F2N3O2. The van der Waals surface area contributed by atoms with Gasteiger partial charge in [0, 0.05) is 26.2 Å². The largest absolute Gasteiger partial charge is 0.366 e. The zero-order valence-electron chi connectivity index (χ0n) is 10.1.